The topological polar surface area (TPSA) is 145 Å². The maximum atomic E-state index is 11.9. The molecule has 1 aliphatic carbocycles. The van der Waals surface area contributed by atoms with Crippen LogP contribution >= 0.6 is 0 Å². The minimum atomic E-state index is -1.87. The Bertz CT molecular complexity index is 698. The van der Waals surface area contributed by atoms with Gasteiger partial charge in [-0.05, 0) is 30.7 Å². The van der Waals surface area contributed by atoms with Gasteiger partial charge in [0.1, 0.15) is 17.8 Å². The summed E-state index contributed by atoms with van der Waals surface area (Å²) in [7, 11) is 0. The number of esters is 1. The number of benzene rings is 1. The van der Waals surface area contributed by atoms with Gasteiger partial charge in [-0.15, -0.1) is 0 Å². The maximum absolute atomic E-state index is 11.9. The Balaban J connectivity index is 2.06. The second kappa shape index (κ2) is 7.22. The number of ketones is 1. The maximum Gasteiger partial charge on any atom is 0.331 e. The first kappa shape index (κ1) is 18.9. The minimum absolute atomic E-state index is 0.303. The number of aliphatic hydroxyl groups is 3. The molecular weight excluding hydrogens is 332 g/mol. The van der Waals surface area contributed by atoms with Crippen LogP contribution in [0, 0.1) is 0 Å². The lowest BCUT2D eigenvalue weighted by atomic mass is 9.77. The van der Waals surface area contributed by atoms with Crippen LogP contribution in [0.25, 0.3) is 6.08 Å². The summed E-state index contributed by atoms with van der Waals surface area (Å²) < 4.78 is 5.04. The monoisotopic (exact) mass is 352 g/mol. The van der Waals surface area contributed by atoms with Crippen molar-refractivity contribution in [1.29, 1.82) is 0 Å². The van der Waals surface area contributed by atoms with E-state index >= 15 is 0 Å². The first-order valence-electron chi connectivity index (χ1n) is 7.62. The zero-order valence-corrected chi connectivity index (χ0v) is 13.5. The highest BCUT2D eigenvalue weighted by molar-refractivity contribution is 5.88. The third-order valence-electron chi connectivity index (χ3n) is 4.20. The Kier molecular flexibility index (Phi) is 5.46. The van der Waals surface area contributed by atoms with Crippen molar-refractivity contribution in [3.05, 3.63) is 29.8 Å². The van der Waals surface area contributed by atoms with Crippen molar-refractivity contribution in [3.63, 3.8) is 0 Å². The summed E-state index contributed by atoms with van der Waals surface area (Å²) in [5.41, 5.74) is -1.45. The van der Waals surface area contributed by atoms with Crippen LogP contribution in [0.2, 0.25) is 0 Å². The van der Waals surface area contributed by atoms with Gasteiger partial charge in [-0.25, -0.2) is 4.79 Å². The number of aromatic hydroxyl groups is 2. The molecule has 0 heterocycles. The van der Waals surface area contributed by atoms with Crippen molar-refractivity contribution < 1.29 is 39.9 Å². The predicted octanol–water partition coefficient (Wildman–Crippen LogP) is -0.142. The fourth-order valence-corrected chi connectivity index (χ4v) is 2.65. The second-order valence-corrected chi connectivity index (χ2v) is 6.11. The zero-order valence-electron chi connectivity index (χ0n) is 13.5. The van der Waals surface area contributed by atoms with Crippen LogP contribution in [0.3, 0.4) is 0 Å². The molecule has 1 saturated carbocycles. The van der Waals surface area contributed by atoms with E-state index in [-0.39, 0.29) is 24.3 Å². The van der Waals surface area contributed by atoms with Gasteiger partial charge in [-0.3, -0.25) is 4.79 Å². The van der Waals surface area contributed by atoms with Gasteiger partial charge in [0.15, 0.2) is 17.3 Å². The van der Waals surface area contributed by atoms with Gasteiger partial charge in [0.2, 0.25) is 0 Å². The van der Waals surface area contributed by atoms with E-state index < -0.39 is 35.7 Å². The van der Waals surface area contributed by atoms with Crippen molar-refractivity contribution >= 4 is 17.8 Å². The zero-order chi connectivity index (χ0) is 18.8. The van der Waals surface area contributed by atoms with Crippen molar-refractivity contribution in [2.24, 2.45) is 0 Å². The van der Waals surface area contributed by atoms with E-state index in [1.54, 1.807) is 0 Å². The summed E-state index contributed by atoms with van der Waals surface area (Å²) in [6, 6.07) is 3.92. The van der Waals surface area contributed by atoms with E-state index in [2.05, 4.69) is 0 Å². The van der Waals surface area contributed by atoms with Crippen LogP contribution in [0.1, 0.15) is 25.3 Å². The summed E-state index contributed by atoms with van der Waals surface area (Å²) in [5.74, 6) is -2.11. The van der Waals surface area contributed by atoms with E-state index in [1.807, 2.05) is 0 Å². The van der Waals surface area contributed by atoms with Crippen LogP contribution in [-0.4, -0.2) is 61.2 Å². The molecule has 8 nitrogen and oxygen atoms in total. The van der Waals surface area contributed by atoms with Crippen LogP contribution in [-0.2, 0) is 14.3 Å². The van der Waals surface area contributed by atoms with E-state index in [4.69, 9.17) is 4.74 Å². The molecule has 4 atom stereocenters. The minimum Gasteiger partial charge on any atom is -0.504 e. The van der Waals surface area contributed by atoms with Gasteiger partial charge < -0.3 is 30.3 Å². The lowest BCUT2D eigenvalue weighted by Crippen LogP contribution is -2.56. The molecule has 1 aromatic rings. The van der Waals surface area contributed by atoms with Gasteiger partial charge in [0, 0.05) is 18.9 Å². The number of hydrogen-bond acceptors (Lipinski definition) is 8. The molecule has 5 N–H and O–H groups in total. The normalized spacial score (nSPS) is 29.5. The van der Waals surface area contributed by atoms with Crippen molar-refractivity contribution in [2.45, 2.75) is 43.7 Å². The highest BCUT2D eigenvalue weighted by Gasteiger charge is 2.48. The summed E-state index contributed by atoms with van der Waals surface area (Å²) in [5, 5.41) is 48.5. The Labute approximate surface area is 143 Å². The molecule has 0 amide bonds. The van der Waals surface area contributed by atoms with Crippen LogP contribution in [0.4, 0.5) is 0 Å². The molecule has 0 spiro atoms. The third kappa shape index (κ3) is 4.36. The molecule has 0 aliphatic heterocycles. The Morgan fingerprint density at radius 2 is 1.88 bits per heavy atom. The predicted molar refractivity (Wildman–Crippen MR) is 85.6 cm³/mol. The summed E-state index contributed by atoms with van der Waals surface area (Å²) >= 11 is 0. The first-order chi connectivity index (χ1) is 11.6. The SMILES string of the molecule is CC(=O)C1(O)CC(O)C(O)C(OC(=O)C=Cc2ccc(O)c(O)c2)C1. The number of Topliss-reactive ketones (excluding diaryl/α,β-unsaturated/α-hetero) is 1. The molecule has 0 radical (unpaired) electrons. The summed E-state index contributed by atoms with van der Waals surface area (Å²) in [6.07, 6.45) is -2.40. The molecule has 1 aromatic carbocycles. The molecular formula is C17H20O8. The molecule has 136 valence electrons. The smallest absolute Gasteiger partial charge is 0.331 e. The van der Waals surface area contributed by atoms with Gasteiger partial charge in [0.25, 0.3) is 0 Å². The Morgan fingerprint density at radius 1 is 1.20 bits per heavy atom. The summed E-state index contributed by atoms with van der Waals surface area (Å²) in [4.78, 5) is 23.4. The molecule has 0 aromatic heterocycles. The van der Waals surface area contributed by atoms with Gasteiger partial charge in [-0.2, -0.15) is 0 Å². The standard InChI is InChI=1S/C17H20O8/c1-9(18)17(24)7-13(21)16(23)14(8-17)25-15(22)5-3-10-2-4-11(19)12(20)6-10/h2-6,13-14,16,19-21,23-24H,7-8H2,1H3. The molecule has 1 fully saturated rings. The number of carbonyl (C=O) groups is 2. The fraction of sp³-hybridized carbons (Fsp3) is 0.412. The quantitative estimate of drug-likeness (QED) is 0.286. The Hall–Kier alpha value is -2.42. The average molecular weight is 352 g/mol. The number of hydrogen-bond donors (Lipinski definition) is 5. The highest BCUT2D eigenvalue weighted by atomic mass is 16.6. The highest BCUT2D eigenvalue weighted by Crippen LogP contribution is 2.32. The van der Waals surface area contributed by atoms with Gasteiger partial charge >= 0.3 is 5.97 Å². The third-order valence-corrected chi connectivity index (χ3v) is 4.20. The van der Waals surface area contributed by atoms with Crippen LogP contribution < -0.4 is 0 Å². The van der Waals surface area contributed by atoms with Gasteiger partial charge in [-0.1, -0.05) is 6.07 Å². The lowest BCUT2D eigenvalue weighted by molar-refractivity contribution is -0.185. The molecule has 2 rings (SSSR count). The van der Waals surface area contributed by atoms with Crippen molar-refractivity contribution in [2.75, 3.05) is 0 Å². The Morgan fingerprint density at radius 3 is 2.48 bits per heavy atom. The van der Waals surface area contributed by atoms with Gasteiger partial charge in [0.05, 0.1) is 6.10 Å². The first-order valence-corrected chi connectivity index (χ1v) is 7.62. The van der Waals surface area contributed by atoms with Crippen molar-refractivity contribution in [3.8, 4) is 11.5 Å². The molecule has 8 heteroatoms. The molecule has 0 saturated heterocycles. The fourth-order valence-electron chi connectivity index (χ4n) is 2.65. The molecule has 0 bridgehead atoms. The number of phenolic OH excluding ortho intramolecular Hbond substituents is 2. The van der Waals surface area contributed by atoms with E-state index in [1.165, 1.54) is 24.3 Å². The number of carbonyl (C=O) groups excluding carboxylic acids is 2. The van der Waals surface area contributed by atoms with E-state index in [0.717, 1.165) is 13.0 Å². The molecule has 25 heavy (non-hydrogen) atoms. The summed E-state index contributed by atoms with van der Waals surface area (Å²) in [6.45, 7) is 1.15. The lowest BCUT2D eigenvalue weighted by Gasteiger charge is -2.40. The molecule has 1 aliphatic rings. The largest absolute Gasteiger partial charge is 0.504 e. The van der Waals surface area contributed by atoms with Crippen molar-refractivity contribution in [1.82, 2.24) is 0 Å². The van der Waals surface area contributed by atoms with Crippen LogP contribution in [0.15, 0.2) is 24.3 Å². The number of rotatable bonds is 4. The second-order valence-electron chi connectivity index (χ2n) is 6.11. The number of ether oxygens (including phenoxy) is 1. The van der Waals surface area contributed by atoms with E-state index in [0.29, 0.717) is 5.56 Å². The number of phenols is 2. The average Bonchev–Trinajstić information content (AvgIpc) is 2.53. The van der Waals surface area contributed by atoms with E-state index in [9.17, 15) is 35.1 Å². The van der Waals surface area contributed by atoms with Crippen LogP contribution in [0.5, 0.6) is 11.5 Å². The molecule has 4 unspecified atom stereocenters. The number of aliphatic hydroxyl groups excluding tert-OH is 2.